The summed E-state index contributed by atoms with van der Waals surface area (Å²) in [5.74, 6) is 0.260. The van der Waals surface area contributed by atoms with Crippen LogP contribution in [0.15, 0.2) is 18.2 Å². The van der Waals surface area contributed by atoms with Crippen LogP contribution in [0.5, 0.6) is 5.75 Å². The molecule has 0 atom stereocenters. The standard InChI is InChI=1S/C13H21O4P/c1-5-6-10-7-8-12(17-18(14,15)16)11(9-10)13(2,3)4/h7-9H,5-6H2,1-4H3,(H2,14,15,16). The molecule has 4 nitrogen and oxygen atoms in total. The molecule has 0 aliphatic rings. The van der Waals surface area contributed by atoms with Crippen molar-refractivity contribution in [2.75, 3.05) is 0 Å². The molecule has 102 valence electrons. The summed E-state index contributed by atoms with van der Waals surface area (Å²) in [5.41, 5.74) is 1.74. The van der Waals surface area contributed by atoms with Crippen molar-refractivity contribution in [1.29, 1.82) is 0 Å². The minimum absolute atomic E-state index is 0.228. The summed E-state index contributed by atoms with van der Waals surface area (Å²) >= 11 is 0. The normalized spacial score (nSPS) is 12.6. The minimum Gasteiger partial charge on any atom is -0.404 e. The highest BCUT2D eigenvalue weighted by atomic mass is 31.2. The van der Waals surface area contributed by atoms with Gasteiger partial charge in [-0.2, -0.15) is 0 Å². The Labute approximate surface area is 108 Å². The summed E-state index contributed by atoms with van der Waals surface area (Å²) in [6.45, 7) is 8.07. The van der Waals surface area contributed by atoms with Gasteiger partial charge in [0.1, 0.15) is 5.75 Å². The molecule has 0 unspecified atom stereocenters. The lowest BCUT2D eigenvalue weighted by Crippen LogP contribution is -2.13. The molecule has 0 heterocycles. The third-order valence-corrected chi connectivity index (χ3v) is 3.04. The van der Waals surface area contributed by atoms with Crippen molar-refractivity contribution in [3.05, 3.63) is 29.3 Å². The Hall–Kier alpha value is -0.830. The maximum absolute atomic E-state index is 11.0. The van der Waals surface area contributed by atoms with E-state index in [1.807, 2.05) is 32.9 Å². The molecule has 1 aromatic carbocycles. The first-order valence-electron chi connectivity index (χ1n) is 6.02. The summed E-state index contributed by atoms with van der Waals surface area (Å²) in [7, 11) is -4.51. The molecule has 0 fully saturated rings. The van der Waals surface area contributed by atoms with Gasteiger partial charge >= 0.3 is 7.82 Å². The molecule has 0 saturated heterocycles. The number of hydrogen-bond acceptors (Lipinski definition) is 2. The second-order valence-corrected chi connectivity index (χ2v) is 6.58. The molecule has 1 rings (SSSR count). The molecule has 0 saturated carbocycles. The summed E-state index contributed by atoms with van der Waals surface area (Å²) in [4.78, 5) is 17.8. The maximum Gasteiger partial charge on any atom is 0.524 e. The fraction of sp³-hybridized carbons (Fsp3) is 0.538. The molecule has 5 heteroatoms. The van der Waals surface area contributed by atoms with E-state index < -0.39 is 7.82 Å². The second-order valence-electron chi connectivity index (χ2n) is 5.41. The first kappa shape index (κ1) is 15.2. The lowest BCUT2D eigenvalue weighted by molar-refractivity contribution is 0.281. The zero-order valence-corrected chi connectivity index (χ0v) is 12.2. The van der Waals surface area contributed by atoms with Crippen LogP contribution in [0.1, 0.15) is 45.2 Å². The second kappa shape index (κ2) is 5.43. The Balaban J connectivity index is 3.21. The van der Waals surface area contributed by atoms with Crippen LogP contribution >= 0.6 is 7.82 Å². The average Bonchev–Trinajstić information content (AvgIpc) is 2.17. The molecule has 1 aromatic rings. The van der Waals surface area contributed by atoms with Crippen LogP contribution in [-0.2, 0) is 16.4 Å². The van der Waals surface area contributed by atoms with E-state index in [-0.39, 0.29) is 11.2 Å². The Morgan fingerprint density at radius 2 is 1.89 bits per heavy atom. The Morgan fingerprint density at radius 3 is 2.33 bits per heavy atom. The van der Waals surface area contributed by atoms with Crippen LogP contribution in [0.3, 0.4) is 0 Å². The third-order valence-electron chi connectivity index (χ3n) is 2.61. The molecule has 0 spiro atoms. The van der Waals surface area contributed by atoms with Gasteiger partial charge in [0.05, 0.1) is 0 Å². The van der Waals surface area contributed by atoms with Crippen LogP contribution in [0.2, 0.25) is 0 Å². The van der Waals surface area contributed by atoms with Gasteiger partial charge in [0, 0.05) is 5.56 Å². The number of hydrogen-bond donors (Lipinski definition) is 2. The Bertz CT molecular complexity index is 457. The molecule has 0 aromatic heterocycles. The molecule has 0 aliphatic carbocycles. The SMILES string of the molecule is CCCc1ccc(OP(=O)(O)O)c(C(C)(C)C)c1. The van der Waals surface area contributed by atoms with E-state index in [0.717, 1.165) is 24.0 Å². The van der Waals surface area contributed by atoms with E-state index in [9.17, 15) is 4.57 Å². The summed E-state index contributed by atoms with van der Waals surface area (Å²) in [6.07, 6.45) is 1.97. The fourth-order valence-corrected chi connectivity index (χ4v) is 2.23. The van der Waals surface area contributed by atoms with Crippen molar-refractivity contribution in [1.82, 2.24) is 0 Å². The van der Waals surface area contributed by atoms with Gasteiger partial charge in [-0.05, 0) is 23.5 Å². The number of aryl methyl sites for hydroxylation is 1. The first-order chi connectivity index (χ1) is 8.13. The minimum atomic E-state index is -4.51. The van der Waals surface area contributed by atoms with Gasteiger partial charge in [0.25, 0.3) is 0 Å². The van der Waals surface area contributed by atoms with E-state index in [1.54, 1.807) is 6.07 Å². The van der Waals surface area contributed by atoms with E-state index in [1.165, 1.54) is 0 Å². The molecule has 0 radical (unpaired) electrons. The largest absolute Gasteiger partial charge is 0.524 e. The highest BCUT2D eigenvalue weighted by Gasteiger charge is 2.24. The quantitative estimate of drug-likeness (QED) is 0.824. The van der Waals surface area contributed by atoms with Crippen molar-refractivity contribution >= 4 is 7.82 Å². The maximum atomic E-state index is 11.0. The number of phosphoric acid groups is 1. The third kappa shape index (κ3) is 4.45. The van der Waals surface area contributed by atoms with Gasteiger partial charge in [0.2, 0.25) is 0 Å². The predicted molar refractivity (Wildman–Crippen MR) is 71.8 cm³/mol. The van der Waals surface area contributed by atoms with Crippen molar-refractivity contribution in [3.63, 3.8) is 0 Å². The van der Waals surface area contributed by atoms with Crippen LogP contribution in [0.25, 0.3) is 0 Å². The highest BCUT2D eigenvalue weighted by Crippen LogP contribution is 2.42. The van der Waals surface area contributed by atoms with Gasteiger partial charge in [-0.25, -0.2) is 4.57 Å². The zero-order valence-electron chi connectivity index (χ0n) is 11.3. The topological polar surface area (TPSA) is 66.8 Å². The molecular weight excluding hydrogens is 251 g/mol. The molecule has 18 heavy (non-hydrogen) atoms. The van der Waals surface area contributed by atoms with Crippen LogP contribution < -0.4 is 4.52 Å². The van der Waals surface area contributed by atoms with Gasteiger partial charge in [-0.15, -0.1) is 0 Å². The number of phosphoric ester groups is 1. The van der Waals surface area contributed by atoms with Crippen LogP contribution in [0.4, 0.5) is 0 Å². The summed E-state index contributed by atoms with van der Waals surface area (Å²) in [5, 5.41) is 0. The molecular formula is C13H21O4P. The van der Waals surface area contributed by atoms with Gasteiger partial charge in [-0.1, -0.05) is 46.2 Å². The van der Waals surface area contributed by atoms with E-state index in [0.29, 0.717) is 0 Å². The predicted octanol–water partition coefficient (Wildman–Crippen LogP) is 3.41. The number of benzene rings is 1. The van der Waals surface area contributed by atoms with Crippen molar-refractivity contribution in [3.8, 4) is 5.75 Å². The van der Waals surface area contributed by atoms with Crippen LogP contribution in [-0.4, -0.2) is 9.79 Å². The molecule has 0 aliphatic heterocycles. The smallest absolute Gasteiger partial charge is 0.404 e. The highest BCUT2D eigenvalue weighted by molar-refractivity contribution is 7.46. The van der Waals surface area contributed by atoms with E-state index in [4.69, 9.17) is 14.3 Å². The fourth-order valence-electron chi connectivity index (χ4n) is 1.82. The van der Waals surface area contributed by atoms with Gasteiger partial charge in [0.15, 0.2) is 0 Å². The van der Waals surface area contributed by atoms with Crippen molar-refractivity contribution in [2.45, 2.75) is 46.0 Å². The molecule has 0 bridgehead atoms. The monoisotopic (exact) mass is 272 g/mol. The molecule has 0 amide bonds. The first-order valence-corrected chi connectivity index (χ1v) is 7.55. The number of rotatable bonds is 4. The van der Waals surface area contributed by atoms with E-state index >= 15 is 0 Å². The van der Waals surface area contributed by atoms with E-state index in [2.05, 4.69) is 6.92 Å². The molecule has 2 N–H and O–H groups in total. The lowest BCUT2D eigenvalue weighted by atomic mass is 9.85. The zero-order chi connectivity index (χ0) is 14.0. The average molecular weight is 272 g/mol. The Morgan fingerprint density at radius 1 is 1.28 bits per heavy atom. The van der Waals surface area contributed by atoms with Crippen molar-refractivity contribution in [2.24, 2.45) is 0 Å². The summed E-state index contributed by atoms with van der Waals surface area (Å²) < 4.78 is 15.7. The lowest BCUT2D eigenvalue weighted by Gasteiger charge is -2.23. The van der Waals surface area contributed by atoms with Crippen molar-refractivity contribution < 1.29 is 18.9 Å². The summed E-state index contributed by atoms with van der Waals surface area (Å²) in [6, 6.07) is 5.46. The van der Waals surface area contributed by atoms with Gasteiger partial charge < -0.3 is 4.52 Å². The Kier molecular flexibility index (Phi) is 4.60. The van der Waals surface area contributed by atoms with Crippen LogP contribution in [0, 0.1) is 0 Å². The van der Waals surface area contributed by atoms with Gasteiger partial charge in [-0.3, -0.25) is 9.79 Å².